The van der Waals surface area contributed by atoms with Gasteiger partial charge in [0.25, 0.3) is 5.91 Å². The summed E-state index contributed by atoms with van der Waals surface area (Å²) >= 11 is 0. The van der Waals surface area contributed by atoms with Crippen molar-refractivity contribution in [1.29, 1.82) is 0 Å². The molecule has 0 spiro atoms. The minimum absolute atomic E-state index is 0.0568. The number of hydrogen-bond donors (Lipinski definition) is 1. The van der Waals surface area contributed by atoms with E-state index in [1.807, 2.05) is 36.4 Å². The number of aryl methyl sites for hydroxylation is 2. The Morgan fingerprint density at radius 3 is 2.67 bits per heavy atom. The molecule has 0 heterocycles. The molecule has 1 N–H and O–H groups in total. The van der Waals surface area contributed by atoms with Crippen molar-refractivity contribution in [2.75, 3.05) is 13.7 Å². The van der Waals surface area contributed by atoms with Gasteiger partial charge in [0, 0.05) is 0 Å². The zero-order valence-electron chi connectivity index (χ0n) is 13.6. The Hall–Kier alpha value is -2.82. The number of amides is 1. The number of ether oxygens (including phenoxy) is 2. The topological polar surface area (TPSA) is 59.9 Å². The summed E-state index contributed by atoms with van der Waals surface area (Å²) < 4.78 is 10.6. The molecule has 124 valence electrons. The second-order valence-electron chi connectivity index (χ2n) is 5.64. The molecule has 1 aliphatic rings. The molecule has 0 fully saturated rings. The van der Waals surface area contributed by atoms with Crippen molar-refractivity contribution in [2.24, 2.45) is 5.10 Å². The summed E-state index contributed by atoms with van der Waals surface area (Å²) in [5.41, 5.74) is 6.04. The molecule has 1 amide bonds. The fourth-order valence-corrected chi connectivity index (χ4v) is 2.69. The van der Waals surface area contributed by atoms with E-state index in [4.69, 9.17) is 9.47 Å². The number of benzene rings is 2. The van der Waals surface area contributed by atoms with Crippen molar-refractivity contribution in [1.82, 2.24) is 5.43 Å². The van der Waals surface area contributed by atoms with Gasteiger partial charge in [0.05, 0.1) is 13.3 Å². The molecule has 0 bridgehead atoms. The molecule has 2 aromatic carbocycles. The Morgan fingerprint density at radius 2 is 1.88 bits per heavy atom. The van der Waals surface area contributed by atoms with Gasteiger partial charge in [-0.2, -0.15) is 5.10 Å². The maximum atomic E-state index is 11.8. The molecular weight excluding hydrogens is 304 g/mol. The molecule has 5 nitrogen and oxygen atoms in total. The lowest BCUT2D eigenvalue weighted by Gasteiger charge is -2.07. The standard InChI is InChI=1S/C19H20N2O3/c1-23-17-8-5-14(6-9-17)12-20-21-19(22)13-24-18-10-7-15-3-2-4-16(15)11-18/h5-12H,2-4,13H2,1H3,(H,21,22)/b20-12+. The van der Waals surface area contributed by atoms with Gasteiger partial charge >= 0.3 is 0 Å². The van der Waals surface area contributed by atoms with Crippen molar-refractivity contribution >= 4 is 12.1 Å². The van der Waals surface area contributed by atoms with E-state index in [1.165, 1.54) is 17.5 Å². The molecule has 2 aromatic rings. The number of rotatable bonds is 6. The first-order valence-corrected chi connectivity index (χ1v) is 7.95. The largest absolute Gasteiger partial charge is 0.497 e. The summed E-state index contributed by atoms with van der Waals surface area (Å²) in [6.45, 7) is -0.0568. The highest BCUT2D eigenvalue weighted by atomic mass is 16.5. The third-order valence-electron chi connectivity index (χ3n) is 3.96. The van der Waals surface area contributed by atoms with Gasteiger partial charge in [0.2, 0.25) is 0 Å². The Balaban J connectivity index is 1.46. The van der Waals surface area contributed by atoms with E-state index in [0.29, 0.717) is 0 Å². The van der Waals surface area contributed by atoms with Crippen LogP contribution in [-0.4, -0.2) is 25.8 Å². The van der Waals surface area contributed by atoms with Crippen molar-refractivity contribution in [3.8, 4) is 11.5 Å². The molecule has 0 aromatic heterocycles. The van der Waals surface area contributed by atoms with E-state index < -0.39 is 0 Å². The van der Waals surface area contributed by atoms with Crippen LogP contribution in [0.25, 0.3) is 0 Å². The molecular formula is C19H20N2O3. The lowest BCUT2D eigenvalue weighted by molar-refractivity contribution is -0.123. The first-order chi connectivity index (χ1) is 11.7. The van der Waals surface area contributed by atoms with E-state index in [0.717, 1.165) is 29.9 Å². The van der Waals surface area contributed by atoms with E-state index in [2.05, 4.69) is 16.6 Å². The van der Waals surface area contributed by atoms with Crippen LogP contribution in [0.5, 0.6) is 11.5 Å². The van der Waals surface area contributed by atoms with Crippen molar-refractivity contribution < 1.29 is 14.3 Å². The quantitative estimate of drug-likeness (QED) is 0.656. The van der Waals surface area contributed by atoms with E-state index in [-0.39, 0.29) is 12.5 Å². The molecule has 1 aliphatic carbocycles. The van der Waals surface area contributed by atoms with Crippen LogP contribution in [0.4, 0.5) is 0 Å². The number of methoxy groups -OCH3 is 1. The Morgan fingerprint density at radius 1 is 1.12 bits per heavy atom. The molecule has 0 atom stereocenters. The van der Waals surface area contributed by atoms with E-state index in [9.17, 15) is 4.79 Å². The molecule has 0 saturated heterocycles. The van der Waals surface area contributed by atoms with Crippen LogP contribution >= 0.6 is 0 Å². The Kier molecular flexibility index (Phi) is 5.11. The molecule has 0 radical (unpaired) electrons. The minimum Gasteiger partial charge on any atom is -0.497 e. The van der Waals surface area contributed by atoms with Crippen LogP contribution in [0.3, 0.4) is 0 Å². The molecule has 24 heavy (non-hydrogen) atoms. The summed E-state index contributed by atoms with van der Waals surface area (Å²) in [6.07, 6.45) is 4.99. The highest BCUT2D eigenvalue weighted by Crippen LogP contribution is 2.25. The average Bonchev–Trinajstić information content (AvgIpc) is 3.08. The van der Waals surface area contributed by atoms with Gasteiger partial charge < -0.3 is 9.47 Å². The van der Waals surface area contributed by atoms with Crippen LogP contribution in [-0.2, 0) is 17.6 Å². The van der Waals surface area contributed by atoms with E-state index >= 15 is 0 Å². The second kappa shape index (κ2) is 7.64. The molecule has 3 rings (SSSR count). The van der Waals surface area contributed by atoms with Crippen LogP contribution in [0.1, 0.15) is 23.1 Å². The van der Waals surface area contributed by atoms with Gasteiger partial charge in [-0.3, -0.25) is 4.79 Å². The maximum absolute atomic E-state index is 11.8. The predicted molar refractivity (Wildman–Crippen MR) is 92.7 cm³/mol. The van der Waals surface area contributed by atoms with Crippen molar-refractivity contribution in [2.45, 2.75) is 19.3 Å². The molecule has 0 aliphatic heterocycles. The number of nitrogens with zero attached hydrogens (tertiary/aromatic N) is 1. The number of nitrogens with one attached hydrogen (secondary N) is 1. The Bertz CT molecular complexity index is 739. The van der Waals surface area contributed by atoms with Gasteiger partial charge in [-0.15, -0.1) is 0 Å². The summed E-state index contributed by atoms with van der Waals surface area (Å²) in [5.74, 6) is 1.21. The molecule has 0 unspecified atom stereocenters. The minimum atomic E-state index is -0.291. The third kappa shape index (κ3) is 4.13. The third-order valence-corrected chi connectivity index (χ3v) is 3.96. The predicted octanol–water partition coefficient (Wildman–Crippen LogP) is 2.71. The average molecular weight is 324 g/mol. The van der Waals surface area contributed by atoms with Crippen LogP contribution in [0, 0.1) is 0 Å². The van der Waals surface area contributed by atoms with E-state index in [1.54, 1.807) is 13.3 Å². The SMILES string of the molecule is COc1ccc(/C=N/NC(=O)COc2ccc3c(c2)CCC3)cc1. The van der Waals surface area contributed by atoms with Crippen LogP contribution < -0.4 is 14.9 Å². The highest BCUT2D eigenvalue weighted by Gasteiger charge is 2.11. The summed E-state index contributed by atoms with van der Waals surface area (Å²) in [4.78, 5) is 11.8. The zero-order chi connectivity index (χ0) is 16.8. The van der Waals surface area contributed by atoms with Crippen LogP contribution in [0.2, 0.25) is 0 Å². The second-order valence-corrected chi connectivity index (χ2v) is 5.64. The summed E-state index contributed by atoms with van der Waals surface area (Å²) in [7, 11) is 1.62. The highest BCUT2D eigenvalue weighted by molar-refractivity contribution is 5.83. The first kappa shape index (κ1) is 16.1. The number of carbonyl (C=O) groups is 1. The monoisotopic (exact) mass is 324 g/mol. The van der Waals surface area contributed by atoms with Gasteiger partial charge in [-0.1, -0.05) is 6.07 Å². The smallest absolute Gasteiger partial charge is 0.277 e. The molecule has 5 heteroatoms. The molecule has 0 saturated carbocycles. The van der Waals surface area contributed by atoms with Gasteiger partial charge in [0.15, 0.2) is 6.61 Å². The van der Waals surface area contributed by atoms with Crippen LogP contribution in [0.15, 0.2) is 47.6 Å². The number of hydrazone groups is 1. The normalized spacial score (nSPS) is 12.9. The van der Waals surface area contributed by atoms with Gasteiger partial charge in [-0.25, -0.2) is 5.43 Å². The fraction of sp³-hybridized carbons (Fsp3) is 0.263. The first-order valence-electron chi connectivity index (χ1n) is 7.95. The maximum Gasteiger partial charge on any atom is 0.277 e. The zero-order valence-corrected chi connectivity index (χ0v) is 13.6. The lowest BCUT2D eigenvalue weighted by Crippen LogP contribution is -2.24. The van der Waals surface area contributed by atoms with Gasteiger partial charge in [-0.05, 0) is 72.4 Å². The lowest BCUT2D eigenvalue weighted by atomic mass is 10.1. The van der Waals surface area contributed by atoms with Crippen molar-refractivity contribution in [3.63, 3.8) is 0 Å². The fourth-order valence-electron chi connectivity index (χ4n) is 2.69. The Labute approximate surface area is 141 Å². The van der Waals surface area contributed by atoms with Crippen molar-refractivity contribution in [3.05, 3.63) is 59.2 Å². The number of carbonyl (C=O) groups excluding carboxylic acids is 1. The summed E-state index contributed by atoms with van der Waals surface area (Å²) in [5, 5.41) is 3.92. The number of fused-ring (bicyclic) bond motifs is 1. The number of hydrogen-bond acceptors (Lipinski definition) is 4. The van der Waals surface area contributed by atoms with Gasteiger partial charge in [0.1, 0.15) is 11.5 Å². The summed E-state index contributed by atoms with van der Waals surface area (Å²) in [6, 6.07) is 13.4.